The van der Waals surface area contributed by atoms with Gasteiger partial charge in [0.2, 0.25) is 0 Å². The van der Waals surface area contributed by atoms with Gasteiger partial charge in [0.25, 0.3) is 0 Å². The van der Waals surface area contributed by atoms with Gasteiger partial charge in [-0.2, -0.15) is 0 Å². The van der Waals surface area contributed by atoms with Gasteiger partial charge in [0, 0.05) is 12.0 Å². The van der Waals surface area contributed by atoms with Crippen molar-refractivity contribution in [2.24, 2.45) is 0 Å². The molecule has 1 aliphatic rings. The highest BCUT2D eigenvalue weighted by molar-refractivity contribution is 5.28. The molecule has 0 aromatic carbocycles. The second kappa shape index (κ2) is 2.82. The third-order valence-electron chi connectivity index (χ3n) is 1.63. The van der Waals surface area contributed by atoms with Crippen LogP contribution in [-0.4, -0.2) is 4.92 Å². The quantitative estimate of drug-likeness (QED) is 0.432. The van der Waals surface area contributed by atoms with E-state index in [1.54, 1.807) is 13.0 Å². The average molecular weight is 157 g/mol. The van der Waals surface area contributed by atoms with Crippen LogP contribution >= 0.6 is 0 Å². The molecule has 11 heavy (non-hydrogen) atoms. The van der Waals surface area contributed by atoms with Crippen molar-refractivity contribution in [3.8, 4) is 0 Å². The Labute approximate surface area is 63.4 Å². The van der Waals surface area contributed by atoms with E-state index in [0.717, 1.165) is 0 Å². The van der Waals surface area contributed by atoms with Crippen LogP contribution in [0, 0.1) is 10.1 Å². The minimum atomic E-state index is -0.666. The summed E-state index contributed by atoms with van der Waals surface area (Å²) in [5.41, 5.74) is 0.0787. The number of allylic oxidation sites excluding steroid dienone is 3. The minimum absolute atomic E-state index is 0.160. The molecule has 0 atom stereocenters. The van der Waals surface area contributed by atoms with Gasteiger partial charge in [-0.25, -0.2) is 4.39 Å². The van der Waals surface area contributed by atoms with E-state index in [0.29, 0.717) is 12.0 Å². The fourth-order valence-electron chi connectivity index (χ4n) is 1.09. The van der Waals surface area contributed by atoms with Crippen LogP contribution in [-0.2, 0) is 0 Å². The molecule has 4 heteroatoms. The molecule has 0 aromatic heterocycles. The van der Waals surface area contributed by atoms with E-state index >= 15 is 0 Å². The van der Waals surface area contributed by atoms with E-state index < -0.39 is 10.8 Å². The highest BCUT2D eigenvalue weighted by Crippen LogP contribution is 2.25. The normalized spacial score (nSPS) is 18.2. The zero-order valence-electron chi connectivity index (χ0n) is 6.13. The Bertz CT molecular complexity index is 255. The third kappa shape index (κ3) is 1.45. The van der Waals surface area contributed by atoms with E-state index in [4.69, 9.17) is 0 Å². The Morgan fingerprint density at radius 2 is 2.36 bits per heavy atom. The van der Waals surface area contributed by atoms with Crippen molar-refractivity contribution in [3.63, 3.8) is 0 Å². The summed E-state index contributed by atoms with van der Waals surface area (Å²) in [6.45, 7) is 1.55. The van der Waals surface area contributed by atoms with Crippen LogP contribution in [0.2, 0.25) is 0 Å². The highest BCUT2D eigenvalue weighted by atomic mass is 19.1. The predicted octanol–water partition coefficient (Wildman–Crippen LogP) is 2.18. The molecule has 0 aromatic rings. The summed E-state index contributed by atoms with van der Waals surface area (Å²) in [5, 5.41) is 10.2. The number of nitro groups is 1. The Hall–Kier alpha value is -1.19. The molecule has 0 radical (unpaired) electrons. The Balaban J connectivity index is 3.04. The summed E-state index contributed by atoms with van der Waals surface area (Å²) in [6.07, 6.45) is 2.41. The lowest BCUT2D eigenvalue weighted by Crippen LogP contribution is -2.05. The van der Waals surface area contributed by atoms with Crippen LogP contribution in [0.25, 0.3) is 0 Å². The fourth-order valence-corrected chi connectivity index (χ4v) is 1.09. The number of halogens is 1. The van der Waals surface area contributed by atoms with Gasteiger partial charge in [-0.05, 0) is 13.3 Å². The van der Waals surface area contributed by atoms with E-state index in [1.807, 2.05) is 0 Å². The first kappa shape index (κ1) is 7.91. The van der Waals surface area contributed by atoms with Crippen molar-refractivity contribution in [3.05, 3.63) is 33.3 Å². The third-order valence-corrected chi connectivity index (χ3v) is 1.63. The van der Waals surface area contributed by atoms with Crippen molar-refractivity contribution < 1.29 is 9.31 Å². The summed E-state index contributed by atoms with van der Waals surface area (Å²) < 4.78 is 12.7. The van der Waals surface area contributed by atoms with Gasteiger partial charge in [0.1, 0.15) is 0 Å². The molecule has 0 amide bonds. The van der Waals surface area contributed by atoms with E-state index in [-0.39, 0.29) is 12.1 Å². The Morgan fingerprint density at radius 1 is 1.73 bits per heavy atom. The molecule has 0 saturated heterocycles. The van der Waals surface area contributed by atoms with Crippen LogP contribution in [0.3, 0.4) is 0 Å². The van der Waals surface area contributed by atoms with E-state index in [1.165, 1.54) is 0 Å². The van der Waals surface area contributed by atoms with Gasteiger partial charge in [0.15, 0.2) is 5.83 Å². The predicted molar refractivity (Wildman–Crippen MR) is 38.1 cm³/mol. The maximum atomic E-state index is 12.7. The van der Waals surface area contributed by atoms with Gasteiger partial charge in [-0.15, -0.1) is 0 Å². The maximum Gasteiger partial charge on any atom is 0.303 e. The molecule has 1 aliphatic carbocycles. The molecule has 60 valence electrons. The van der Waals surface area contributed by atoms with Gasteiger partial charge >= 0.3 is 5.70 Å². The van der Waals surface area contributed by atoms with Crippen LogP contribution in [0.15, 0.2) is 23.2 Å². The molecule has 0 fully saturated rings. The standard InChI is InChI=1S/C7H8FNO2/c1-5-3-2-4-6(8)7(5)9(10)11/h3H,2,4H2,1H3. The van der Waals surface area contributed by atoms with Crippen molar-refractivity contribution in [1.82, 2.24) is 0 Å². The fraction of sp³-hybridized carbons (Fsp3) is 0.429. The summed E-state index contributed by atoms with van der Waals surface area (Å²) in [4.78, 5) is 9.58. The van der Waals surface area contributed by atoms with E-state index in [2.05, 4.69) is 0 Å². The topological polar surface area (TPSA) is 43.1 Å². The second-order valence-electron chi connectivity index (χ2n) is 2.44. The monoisotopic (exact) mass is 157 g/mol. The molecule has 0 aliphatic heterocycles. The molecule has 0 unspecified atom stereocenters. The lowest BCUT2D eigenvalue weighted by molar-refractivity contribution is -0.423. The van der Waals surface area contributed by atoms with Crippen LogP contribution in [0.5, 0.6) is 0 Å². The van der Waals surface area contributed by atoms with Crippen LogP contribution in [0.4, 0.5) is 4.39 Å². The zero-order valence-corrected chi connectivity index (χ0v) is 6.13. The lowest BCUT2D eigenvalue weighted by Gasteiger charge is -2.05. The summed E-state index contributed by atoms with van der Waals surface area (Å²) in [7, 11) is 0. The first-order chi connectivity index (χ1) is 5.13. The van der Waals surface area contributed by atoms with Gasteiger partial charge in [0.05, 0.1) is 4.92 Å². The van der Waals surface area contributed by atoms with Crippen LogP contribution < -0.4 is 0 Å². The summed E-state index contributed by atoms with van der Waals surface area (Å²) in [5.74, 6) is -0.602. The Morgan fingerprint density at radius 3 is 2.73 bits per heavy atom. The SMILES string of the molecule is CC1=CCCC(F)=C1[N+](=O)[O-]. The van der Waals surface area contributed by atoms with Crippen molar-refractivity contribution in [1.29, 1.82) is 0 Å². The molecule has 3 nitrogen and oxygen atoms in total. The minimum Gasteiger partial charge on any atom is -0.258 e. The number of hydrogen-bond acceptors (Lipinski definition) is 2. The van der Waals surface area contributed by atoms with Gasteiger partial charge in [-0.3, -0.25) is 10.1 Å². The number of hydrogen-bond donors (Lipinski definition) is 0. The molecule has 0 saturated carbocycles. The number of rotatable bonds is 1. The first-order valence-electron chi connectivity index (χ1n) is 3.33. The highest BCUT2D eigenvalue weighted by Gasteiger charge is 2.23. The smallest absolute Gasteiger partial charge is 0.258 e. The molecule has 1 rings (SSSR count). The largest absolute Gasteiger partial charge is 0.303 e. The van der Waals surface area contributed by atoms with E-state index in [9.17, 15) is 14.5 Å². The van der Waals surface area contributed by atoms with Crippen molar-refractivity contribution >= 4 is 0 Å². The lowest BCUT2D eigenvalue weighted by atomic mass is 10.0. The average Bonchev–Trinajstić information content (AvgIpc) is 1.85. The first-order valence-corrected chi connectivity index (χ1v) is 3.33. The van der Waals surface area contributed by atoms with Gasteiger partial charge < -0.3 is 0 Å². The van der Waals surface area contributed by atoms with Crippen molar-refractivity contribution in [2.45, 2.75) is 19.8 Å². The molecule has 0 heterocycles. The van der Waals surface area contributed by atoms with Gasteiger partial charge in [-0.1, -0.05) is 6.08 Å². The summed E-state index contributed by atoms with van der Waals surface area (Å²) in [6, 6.07) is 0. The number of nitrogens with zero attached hydrogens (tertiary/aromatic N) is 1. The maximum absolute atomic E-state index is 12.7. The molecule has 0 N–H and O–H groups in total. The molecular formula is C7H8FNO2. The zero-order chi connectivity index (χ0) is 8.43. The Kier molecular flexibility index (Phi) is 2.03. The summed E-state index contributed by atoms with van der Waals surface area (Å²) >= 11 is 0. The molecular weight excluding hydrogens is 149 g/mol. The van der Waals surface area contributed by atoms with Crippen molar-refractivity contribution in [2.75, 3.05) is 0 Å². The molecule has 0 spiro atoms. The second-order valence-corrected chi connectivity index (χ2v) is 2.44. The van der Waals surface area contributed by atoms with Crippen LogP contribution in [0.1, 0.15) is 19.8 Å². The molecule has 0 bridgehead atoms.